The van der Waals surface area contributed by atoms with E-state index in [1.807, 2.05) is 24.3 Å². The van der Waals surface area contributed by atoms with E-state index < -0.39 is 0 Å². The van der Waals surface area contributed by atoms with Gasteiger partial charge in [-0.15, -0.1) is 0 Å². The molecule has 5 heteroatoms. The van der Waals surface area contributed by atoms with Crippen molar-refractivity contribution >= 4 is 11.6 Å². The normalized spacial score (nSPS) is 16.5. The summed E-state index contributed by atoms with van der Waals surface area (Å²) in [5.74, 6) is 1.12. The predicted octanol–water partition coefficient (Wildman–Crippen LogP) is 3.44. The summed E-state index contributed by atoms with van der Waals surface area (Å²) in [6, 6.07) is 13.1. The number of rotatable bonds is 4. The SMILES string of the molecule is COc1cc(OC)cc(C(=O)N2CCC(OC)c3ccccc32)c1. The molecule has 1 aliphatic rings. The fourth-order valence-electron chi connectivity index (χ4n) is 3.07. The Morgan fingerprint density at radius 1 is 1.04 bits per heavy atom. The maximum atomic E-state index is 13.1. The van der Waals surface area contributed by atoms with Gasteiger partial charge in [0.25, 0.3) is 5.91 Å². The topological polar surface area (TPSA) is 48.0 Å². The molecule has 0 radical (unpaired) electrons. The van der Waals surface area contributed by atoms with Crippen LogP contribution in [0, 0.1) is 0 Å². The van der Waals surface area contributed by atoms with Crippen LogP contribution in [0.5, 0.6) is 11.5 Å². The van der Waals surface area contributed by atoms with Gasteiger partial charge in [-0.1, -0.05) is 18.2 Å². The molecule has 0 aliphatic carbocycles. The number of ether oxygens (including phenoxy) is 3. The average molecular weight is 327 g/mol. The summed E-state index contributed by atoms with van der Waals surface area (Å²) in [5, 5.41) is 0. The van der Waals surface area contributed by atoms with Crippen LogP contribution in [0.15, 0.2) is 42.5 Å². The minimum atomic E-state index is -0.0748. The molecule has 126 valence electrons. The van der Waals surface area contributed by atoms with E-state index in [0.717, 1.165) is 17.7 Å². The third kappa shape index (κ3) is 2.95. The summed E-state index contributed by atoms with van der Waals surface area (Å²) in [4.78, 5) is 14.9. The number of amides is 1. The number of methoxy groups -OCH3 is 3. The molecule has 0 saturated heterocycles. The van der Waals surface area contributed by atoms with E-state index >= 15 is 0 Å². The lowest BCUT2D eigenvalue weighted by Crippen LogP contribution is -2.37. The molecule has 0 fully saturated rings. The van der Waals surface area contributed by atoms with E-state index in [2.05, 4.69) is 0 Å². The summed E-state index contributed by atoms with van der Waals surface area (Å²) in [6.45, 7) is 0.605. The highest BCUT2D eigenvalue weighted by Crippen LogP contribution is 2.36. The van der Waals surface area contributed by atoms with Gasteiger partial charge in [0.15, 0.2) is 0 Å². The van der Waals surface area contributed by atoms with E-state index in [1.54, 1.807) is 44.4 Å². The van der Waals surface area contributed by atoms with Gasteiger partial charge < -0.3 is 19.1 Å². The van der Waals surface area contributed by atoms with Crippen LogP contribution in [0.1, 0.15) is 28.4 Å². The van der Waals surface area contributed by atoms with E-state index in [-0.39, 0.29) is 12.0 Å². The lowest BCUT2D eigenvalue weighted by Gasteiger charge is -2.33. The molecule has 2 aromatic rings. The number of benzene rings is 2. The van der Waals surface area contributed by atoms with Crippen molar-refractivity contribution in [1.82, 2.24) is 0 Å². The van der Waals surface area contributed by atoms with Crippen LogP contribution in [0.25, 0.3) is 0 Å². The molecule has 3 rings (SSSR count). The highest BCUT2D eigenvalue weighted by molar-refractivity contribution is 6.07. The molecule has 0 aromatic heterocycles. The van der Waals surface area contributed by atoms with Crippen LogP contribution in [-0.2, 0) is 4.74 Å². The molecule has 1 heterocycles. The van der Waals surface area contributed by atoms with Crippen molar-refractivity contribution in [3.63, 3.8) is 0 Å². The van der Waals surface area contributed by atoms with E-state index in [0.29, 0.717) is 23.6 Å². The van der Waals surface area contributed by atoms with Gasteiger partial charge in [-0.05, 0) is 24.6 Å². The van der Waals surface area contributed by atoms with Crippen LogP contribution in [0.2, 0.25) is 0 Å². The zero-order valence-electron chi connectivity index (χ0n) is 14.1. The Kier molecular flexibility index (Phi) is 4.71. The molecule has 0 saturated carbocycles. The zero-order valence-corrected chi connectivity index (χ0v) is 14.1. The first kappa shape index (κ1) is 16.3. The lowest BCUT2D eigenvalue weighted by molar-refractivity contribution is 0.0867. The van der Waals surface area contributed by atoms with Crippen molar-refractivity contribution in [2.75, 3.05) is 32.8 Å². The molecule has 2 aromatic carbocycles. The number of nitrogens with zero attached hydrogens (tertiary/aromatic N) is 1. The standard InChI is InChI=1S/C19H21NO4/c1-22-14-10-13(11-15(12-14)23-2)19(21)20-9-8-18(24-3)16-6-4-5-7-17(16)20/h4-7,10-12,18H,8-9H2,1-3H3. The number of hydrogen-bond acceptors (Lipinski definition) is 4. The minimum absolute atomic E-state index is 0.0186. The van der Waals surface area contributed by atoms with Crippen molar-refractivity contribution < 1.29 is 19.0 Å². The minimum Gasteiger partial charge on any atom is -0.497 e. The molecule has 1 aliphatic heterocycles. The lowest BCUT2D eigenvalue weighted by atomic mass is 9.98. The van der Waals surface area contributed by atoms with Gasteiger partial charge in [0.2, 0.25) is 0 Å². The molecule has 24 heavy (non-hydrogen) atoms. The Labute approximate surface area is 141 Å². The Morgan fingerprint density at radius 3 is 2.33 bits per heavy atom. The first-order valence-corrected chi connectivity index (χ1v) is 7.84. The molecule has 0 N–H and O–H groups in total. The average Bonchev–Trinajstić information content (AvgIpc) is 2.66. The smallest absolute Gasteiger partial charge is 0.258 e. The van der Waals surface area contributed by atoms with Gasteiger partial charge in [0, 0.05) is 36.5 Å². The second-order valence-corrected chi connectivity index (χ2v) is 5.63. The van der Waals surface area contributed by atoms with Gasteiger partial charge in [-0.25, -0.2) is 0 Å². The molecule has 5 nitrogen and oxygen atoms in total. The van der Waals surface area contributed by atoms with Crippen molar-refractivity contribution in [2.24, 2.45) is 0 Å². The van der Waals surface area contributed by atoms with Gasteiger partial charge >= 0.3 is 0 Å². The Balaban J connectivity index is 1.99. The largest absolute Gasteiger partial charge is 0.497 e. The number of para-hydroxylation sites is 1. The van der Waals surface area contributed by atoms with E-state index in [4.69, 9.17) is 14.2 Å². The van der Waals surface area contributed by atoms with Crippen molar-refractivity contribution in [3.8, 4) is 11.5 Å². The summed E-state index contributed by atoms with van der Waals surface area (Å²) in [7, 11) is 4.84. The fraction of sp³-hybridized carbons (Fsp3) is 0.316. The third-order valence-corrected chi connectivity index (χ3v) is 4.32. The van der Waals surface area contributed by atoms with Crippen LogP contribution in [0.4, 0.5) is 5.69 Å². The van der Waals surface area contributed by atoms with Gasteiger partial charge in [0.1, 0.15) is 11.5 Å². The zero-order chi connectivity index (χ0) is 17.1. The number of fused-ring (bicyclic) bond motifs is 1. The van der Waals surface area contributed by atoms with Crippen LogP contribution < -0.4 is 14.4 Å². The summed E-state index contributed by atoms with van der Waals surface area (Å²) < 4.78 is 16.1. The maximum absolute atomic E-state index is 13.1. The molecular formula is C19H21NO4. The highest BCUT2D eigenvalue weighted by atomic mass is 16.5. The molecule has 1 amide bonds. The van der Waals surface area contributed by atoms with Crippen LogP contribution in [-0.4, -0.2) is 33.8 Å². The molecule has 0 bridgehead atoms. The Bertz CT molecular complexity index is 722. The predicted molar refractivity (Wildman–Crippen MR) is 92.0 cm³/mol. The Morgan fingerprint density at radius 2 is 1.71 bits per heavy atom. The fourth-order valence-corrected chi connectivity index (χ4v) is 3.07. The van der Waals surface area contributed by atoms with Gasteiger partial charge in [-0.2, -0.15) is 0 Å². The molecule has 1 unspecified atom stereocenters. The number of anilines is 1. The quantitative estimate of drug-likeness (QED) is 0.863. The highest BCUT2D eigenvalue weighted by Gasteiger charge is 2.29. The van der Waals surface area contributed by atoms with E-state index in [1.165, 1.54) is 0 Å². The van der Waals surface area contributed by atoms with Gasteiger partial charge in [-0.3, -0.25) is 4.79 Å². The second-order valence-electron chi connectivity index (χ2n) is 5.63. The second kappa shape index (κ2) is 6.93. The number of carbonyl (C=O) groups is 1. The number of carbonyl (C=O) groups excluding carboxylic acids is 1. The van der Waals surface area contributed by atoms with E-state index in [9.17, 15) is 4.79 Å². The van der Waals surface area contributed by atoms with Crippen molar-refractivity contribution in [2.45, 2.75) is 12.5 Å². The number of hydrogen-bond donors (Lipinski definition) is 0. The third-order valence-electron chi connectivity index (χ3n) is 4.32. The summed E-state index contributed by atoms with van der Waals surface area (Å²) >= 11 is 0. The maximum Gasteiger partial charge on any atom is 0.258 e. The summed E-state index contributed by atoms with van der Waals surface area (Å²) in [6.07, 6.45) is 0.783. The van der Waals surface area contributed by atoms with Crippen molar-refractivity contribution in [3.05, 3.63) is 53.6 Å². The van der Waals surface area contributed by atoms with Crippen LogP contribution >= 0.6 is 0 Å². The Hall–Kier alpha value is -2.53. The molecule has 0 spiro atoms. The molecule has 1 atom stereocenters. The summed E-state index contributed by atoms with van der Waals surface area (Å²) in [5.41, 5.74) is 2.47. The first-order chi connectivity index (χ1) is 11.7. The van der Waals surface area contributed by atoms with Crippen LogP contribution in [0.3, 0.4) is 0 Å². The first-order valence-electron chi connectivity index (χ1n) is 7.84. The van der Waals surface area contributed by atoms with Crippen molar-refractivity contribution in [1.29, 1.82) is 0 Å². The monoisotopic (exact) mass is 327 g/mol. The molecular weight excluding hydrogens is 306 g/mol. The van der Waals surface area contributed by atoms with Gasteiger partial charge in [0.05, 0.1) is 20.3 Å².